The van der Waals surface area contributed by atoms with Gasteiger partial charge < -0.3 is 19.6 Å². The van der Waals surface area contributed by atoms with Crippen LogP contribution in [-0.2, 0) is 6.54 Å². The Hall–Kier alpha value is -3.17. The number of nitrogens with zero attached hydrogens (tertiary/aromatic N) is 4. The minimum absolute atomic E-state index is 0.0467. The van der Waals surface area contributed by atoms with Gasteiger partial charge in [0.15, 0.2) is 0 Å². The first kappa shape index (κ1) is 19.8. The topological polar surface area (TPSA) is 85.7 Å². The lowest BCUT2D eigenvalue weighted by molar-refractivity contribution is 0.0958. The van der Waals surface area contributed by atoms with Crippen molar-refractivity contribution in [3.8, 4) is 0 Å². The van der Waals surface area contributed by atoms with Crippen LogP contribution in [0.3, 0.4) is 0 Å². The van der Waals surface area contributed by atoms with E-state index in [-0.39, 0.29) is 11.5 Å². The maximum atomic E-state index is 12.3. The van der Waals surface area contributed by atoms with E-state index in [0.717, 1.165) is 54.3 Å². The molecule has 31 heavy (non-hydrogen) atoms. The number of hydrogen-bond donors (Lipinski definition) is 2. The number of rotatable bonds is 4. The number of H-pyrrole nitrogens is 1. The molecule has 4 aromatic rings. The monoisotopic (exact) mass is 436 g/mol. The van der Waals surface area contributed by atoms with Crippen LogP contribution in [0.25, 0.3) is 15.9 Å². The van der Waals surface area contributed by atoms with Gasteiger partial charge in [0.05, 0.1) is 17.4 Å². The first-order valence-electron chi connectivity index (χ1n) is 10.3. The Morgan fingerprint density at radius 2 is 2.03 bits per heavy atom. The molecule has 5 rings (SSSR count). The number of nitrogens with one attached hydrogen (secondary N) is 2. The zero-order valence-corrected chi connectivity index (χ0v) is 18.3. The number of aromatic nitrogens is 3. The van der Waals surface area contributed by atoms with Gasteiger partial charge in [-0.15, -0.1) is 11.3 Å². The Labute approximate surface area is 183 Å². The third-order valence-electron chi connectivity index (χ3n) is 5.98. The minimum atomic E-state index is -0.173. The third kappa shape index (κ3) is 3.49. The lowest BCUT2D eigenvalue weighted by atomic mass is 10.2. The minimum Gasteiger partial charge on any atom is -0.368 e. The van der Waals surface area contributed by atoms with Crippen molar-refractivity contribution in [2.24, 2.45) is 0 Å². The van der Waals surface area contributed by atoms with Gasteiger partial charge in [-0.1, -0.05) is 0 Å². The number of piperazine rings is 1. The average Bonchev–Trinajstić information content (AvgIpc) is 3.41. The number of amides is 1. The van der Waals surface area contributed by atoms with Gasteiger partial charge in [0.25, 0.3) is 11.5 Å². The zero-order chi connectivity index (χ0) is 21.5. The molecule has 2 N–H and O–H groups in total. The Morgan fingerprint density at radius 1 is 1.23 bits per heavy atom. The summed E-state index contributed by atoms with van der Waals surface area (Å²) in [6, 6.07) is 7.49. The van der Waals surface area contributed by atoms with Crippen LogP contribution in [0.5, 0.6) is 0 Å². The van der Waals surface area contributed by atoms with Crippen LogP contribution in [0.1, 0.15) is 20.9 Å². The first-order valence-corrected chi connectivity index (χ1v) is 11.1. The van der Waals surface area contributed by atoms with Gasteiger partial charge in [0, 0.05) is 50.8 Å². The van der Waals surface area contributed by atoms with Gasteiger partial charge in [-0.3, -0.25) is 14.5 Å². The molecule has 0 spiro atoms. The Bertz CT molecular complexity index is 1310. The van der Waals surface area contributed by atoms with Gasteiger partial charge >= 0.3 is 0 Å². The molecular weight excluding hydrogens is 412 g/mol. The molecule has 0 saturated carbocycles. The molecular formula is C22H24N6O2S. The molecule has 1 amide bonds. The Kier molecular flexibility index (Phi) is 4.99. The van der Waals surface area contributed by atoms with Crippen molar-refractivity contribution in [3.05, 3.63) is 63.1 Å². The van der Waals surface area contributed by atoms with E-state index in [0.29, 0.717) is 11.2 Å². The second kappa shape index (κ2) is 7.82. The summed E-state index contributed by atoms with van der Waals surface area (Å²) >= 11 is 1.75. The largest absolute Gasteiger partial charge is 0.368 e. The van der Waals surface area contributed by atoms with Crippen LogP contribution >= 0.6 is 11.3 Å². The van der Waals surface area contributed by atoms with E-state index in [9.17, 15) is 9.59 Å². The second-order valence-electron chi connectivity index (χ2n) is 7.79. The normalized spacial score (nSPS) is 15.1. The van der Waals surface area contributed by atoms with Gasteiger partial charge in [-0.25, -0.2) is 4.98 Å². The predicted octanol–water partition coefficient (Wildman–Crippen LogP) is 2.23. The van der Waals surface area contributed by atoms with E-state index < -0.39 is 0 Å². The maximum absolute atomic E-state index is 12.3. The molecule has 9 heteroatoms. The fraction of sp³-hybridized carbons (Fsp3) is 0.318. The highest BCUT2D eigenvalue weighted by Gasteiger charge is 2.21. The van der Waals surface area contributed by atoms with Crippen LogP contribution < -0.4 is 15.8 Å². The molecule has 4 aromatic heterocycles. The highest BCUT2D eigenvalue weighted by Crippen LogP contribution is 2.30. The molecule has 0 aliphatic carbocycles. The highest BCUT2D eigenvalue weighted by molar-refractivity contribution is 7.18. The summed E-state index contributed by atoms with van der Waals surface area (Å²) in [5.41, 5.74) is 4.20. The van der Waals surface area contributed by atoms with Crippen molar-refractivity contribution in [1.29, 1.82) is 0 Å². The van der Waals surface area contributed by atoms with Gasteiger partial charge in [-0.05, 0) is 36.8 Å². The quantitative estimate of drug-likeness (QED) is 0.512. The van der Waals surface area contributed by atoms with Crippen molar-refractivity contribution >= 4 is 38.8 Å². The van der Waals surface area contributed by atoms with Crippen molar-refractivity contribution in [1.82, 2.24) is 24.6 Å². The SMILES string of the molecule is CNC(=O)c1ccc(N2CCN(Cc3sc4c([nH]c(=O)c5cccn54)c3C)CC2)cn1. The average molecular weight is 437 g/mol. The van der Waals surface area contributed by atoms with Crippen LogP contribution in [0.4, 0.5) is 5.69 Å². The number of pyridine rings is 1. The van der Waals surface area contributed by atoms with Crippen molar-refractivity contribution in [3.63, 3.8) is 0 Å². The van der Waals surface area contributed by atoms with Crippen molar-refractivity contribution in [2.45, 2.75) is 13.5 Å². The number of anilines is 1. The van der Waals surface area contributed by atoms with E-state index >= 15 is 0 Å². The second-order valence-corrected chi connectivity index (χ2v) is 8.88. The molecule has 1 aliphatic rings. The molecule has 1 aliphatic heterocycles. The number of hydrogen-bond acceptors (Lipinski definition) is 6. The fourth-order valence-electron chi connectivity index (χ4n) is 4.14. The Morgan fingerprint density at radius 3 is 2.74 bits per heavy atom. The Balaban J connectivity index is 1.29. The van der Waals surface area contributed by atoms with Crippen LogP contribution in [0, 0.1) is 6.92 Å². The summed E-state index contributed by atoms with van der Waals surface area (Å²) < 4.78 is 1.99. The molecule has 8 nitrogen and oxygen atoms in total. The number of aryl methyl sites for hydroxylation is 1. The maximum Gasteiger partial charge on any atom is 0.272 e. The standard InChI is InChI=1S/C22H24N6O2S/c1-14-18(31-22-19(14)25-21(30)17-4-3-7-28(17)22)13-26-8-10-27(11-9-26)15-5-6-16(24-12-15)20(29)23-2/h3-7,12H,8-11,13H2,1-2H3,(H,23,29)(H,25,30). The van der Waals surface area contributed by atoms with E-state index in [1.165, 1.54) is 4.88 Å². The molecule has 1 saturated heterocycles. The molecule has 160 valence electrons. The number of aromatic amines is 1. The molecule has 1 fully saturated rings. The van der Waals surface area contributed by atoms with Gasteiger partial charge in [-0.2, -0.15) is 0 Å². The number of thiophene rings is 1. The molecule has 0 unspecified atom stereocenters. The van der Waals surface area contributed by atoms with Crippen molar-refractivity contribution < 1.29 is 4.79 Å². The van der Waals surface area contributed by atoms with E-state index in [1.54, 1.807) is 30.6 Å². The molecule has 5 heterocycles. The summed E-state index contributed by atoms with van der Waals surface area (Å²) in [7, 11) is 1.61. The first-order chi connectivity index (χ1) is 15.0. The van der Waals surface area contributed by atoms with Gasteiger partial charge in [0.2, 0.25) is 0 Å². The van der Waals surface area contributed by atoms with Gasteiger partial charge in [0.1, 0.15) is 16.0 Å². The summed E-state index contributed by atoms with van der Waals surface area (Å²) in [6.07, 6.45) is 3.73. The highest BCUT2D eigenvalue weighted by atomic mass is 32.1. The summed E-state index contributed by atoms with van der Waals surface area (Å²) in [6.45, 7) is 6.67. The van der Waals surface area contributed by atoms with E-state index in [1.807, 2.05) is 28.8 Å². The lowest BCUT2D eigenvalue weighted by Crippen LogP contribution is -2.46. The van der Waals surface area contributed by atoms with Crippen LogP contribution in [-0.4, -0.2) is 58.4 Å². The van der Waals surface area contributed by atoms with Crippen molar-refractivity contribution in [2.75, 3.05) is 38.1 Å². The molecule has 0 atom stereocenters. The van der Waals surface area contributed by atoms with Crippen LogP contribution in [0.2, 0.25) is 0 Å². The summed E-state index contributed by atoms with van der Waals surface area (Å²) in [5.74, 6) is -0.173. The van der Waals surface area contributed by atoms with E-state index in [2.05, 4.69) is 32.0 Å². The molecule has 0 bridgehead atoms. The predicted molar refractivity (Wildman–Crippen MR) is 123 cm³/mol. The zero-order valence-electron chi connectivity index (χ0n) is 17.5. The number of carbonyl (C=O) groups excluding carboxylic acids is 1. The smallest absolute Gasteiger partial charge is 0.272 e. The third-order valence-corrected chi connectivity index (χ3v) is 7.25. The number of fused-ring (bicyclic) bond motifs is 3. The lowest BCUT2D eigenvalue weighted by Gasteiger charge is -2.35. The summed E-state index contributed by atoms with van der Waals surface area (Å²) in [4.78, 5) is 38.5. The molecule has 0 radical (unpaired) electrons. The van der Waals surface area contributed by atoms with E-state index in [4.69, 9.17) is 0 Å². The fourth-order valence-corrected chi connectivity index (χ4v) is 5.43. The summed E-state index contributed by atoms with van der Waals surface area (Å²) in [5, 5.41) is 2.59. The molecule has 0 aromatic carbocycles. The van der Waals surface area contributed by atoms with Crippen LogP contribution in [0.15, 0.2) is 41.5 Å². The number of carbonyl (C=O) groups is 1.